The Hall–Kier alpha value is -1.06. The Balaban J connectivity index is 2.40. The third-order valence-corrected chi connectivity index (χ3v) is 2.69. The molecule has 0 radical (unpaired) electrons. The Kier molecular flexibility index (Phi) is 6.01. The van der Waals surface area contributed by atoms with Crippen LogP contribution in [0.15, 0.2) is 18.2 Å². The molecule has 0 atom stereocenters. The predicted molar refractivity (Wildman–Crippen MR) is 72.6 cm³/mol. The van der Waals surface area contributed by atoms with Crippen LogP contribution in [0.4, 0.5) is 5.69 Å². The van der Waals surface area contributed by atoms with Crippen molar-refractivity contribution >= 4 is 23.2 Å². The lowest BCUT2D eigenvalue weighted by atomic mass is 10.2. The first-order chi connectivity index (χ1) is 8.13. The molecule has 2 N–H and O–H groups in total. The normalized spacial score (nSPS) is 10.3. The van der Waals surface area contributed by atoms with Gasteiger partial charge in [-0.1, -0.05) is 24.9 Å². The molecule has 1 amide bonds. The summed E-state index contributed by atoms with van der Waals surface area (Å²) in [4.78, 5) is 11.6. The van der Waals surface area contributed by atoms with Gasteiger partial charge in [0.1, 0.15) is 0 Å². The molecule has 0 heterocycles. The molecule has 0 aromatic heterocycles. The maximum absolute atomic E-state index is 11.6. The third-order valence-electron chi connectivity index (χ3n) is 2.46. The van der Waals surface area contributed by atoms with Crippen LogP contribution in [-0.4, -0.2) is 19.0 Å². The van der Waals surface area contributed by atoms with Gasteiger partial charge < -0.3 is 10.6 Å². The maximum atomic E-state index is 11.6. The van der Waals surface area contributed by atoms with E-state index < -0.39 is 0 Å². The Morgan fingerprint density at radius 2 is 2.18 bits per heavy atom. The SMILES string of the molecule is CCCCNCC(=O)Nc1ccc(Cl)cc1C. The summed E-state index contributed by atoms with van der Waals surface area (Å²) in [5, 5.41) is 6.64. The summed E-state index contributed by atoms with van der Waals surface area (Å²) < 4.78 is 0. The minimum Gasteiger partial charge on any atom is -0.325 e. The lowest BCUT2D eigenvalue weighted by molar-refractivity contribution is -0.115. The Morgan fingerprint density at radius 1 is 1.41 bits per heavy atom. The van der Waals surface area contributed by atoms with E-state index in [9.17, 15) is 4.79 Å². The van der Waals surface area contributed by atoms with Gasteiger partial charge in [0, 0.05) is 10.7 Å². The quantitative estimate of drug-likeness (QED) is 0.767. The smallest absolute Gasteiger partial charge is 0.238 e. The maximum Gasteiger partial charge on any atom is 0.238 e. The van der Waals surface area contributed by atoms with Crippen molar-refractivity contribution in [3.63, 3.8) is 0 Å². The molecule has 94 valence electrons. The van der Waals surface area contributed by atoms with Crippen LogP contribution < -0.4 is 10.6 Å². The number of hydrogen-bond donors (Lipinski definition) is 2. The summed E-state index contributed by atoms with van der Waals surface area (Å²) in [6.07, 6.45) is 2.22. The van der Waals surface area contributed by atoms with Gasteiger partial charge in [-0.3, -0.25) is 4.79 Å². The van der Waals surface area contributed by atoms with E-state index in [2.05, 4.69) is 17.6 Å². The van der Waals surface area contributed by atoms with Gasteiger partial charge in [-0.15, -0.1) is 0 Å². The number of rotatable bonds is 6. The van der Waals surface area contributed by atoms with Gasteiger partial charge in [-0.2, -0.15) is 0 Å². The number of amides is 1. The van der Waals surface area contributed by atoms with Crippen molar-refractivity contribution in [2.75, 3.05) is 18.4 Å². The van der Waals surface area contributed by atoms with E-state index in [4.69, 9.17) is 11.6 Å². The summed E-state index contributed by atoms with van der Waals surface area (Å²) in [6.45, 7) is 5.27. The van der Waals surface area contributed by atoms with Crippen molar-refractivity contribution in [2.45, 2.75) is 26.7 Å². The number of carbonyl (C=O) groups is 1. The first kappa shape index (κ1) is 14.0. The van der Waals surface area contributed by atoms with Crippen molar-refractivity contribution in [2.24, 2.45) is 0 Å². The molecule has 0 fully saturated rings. The Bertz CT molecular complexity index is 380. The second kappa shape index (κ2) is 7.30. The van der Waals surface area contributed by atoms with Crippen LogP contribution in [0, 0.1) is 6.92 Å². The molecule has 1 rings (SSSR count). The third kappa shape index (κ3) is 5.20. The van der Waals surface area contributed by atoms with Crippen molar-refractivity contribution in [1.82, 2.24) is 5.32 Å². The molecule has 3 nitrogen and oxygen atoms in total. The van der Waals surface area contributed by atoms with Crippen molar-refractivity contribution < 1.29 is 4.79 Å². The largest absolute Gasteiger partial charge is 0.325 e. The van der Waals surface area contributed by atoms with Gasteiger partial charge in [-0.05, 0) is 43.7 Å². The zero-order valence-electron chi connectivity index (χ0n) is 10.3. The molecular weight excluding hydrogens is 236 g/mol. The summed E-state index contributed by atoms with van der Waals surface area (Å²) in [5.41, 5.74) is 1.79. The molecule has 17 heavy (non-hydrogen) atoms. The van der Waals surface area contributed by atoms with Gasteiger partial charge in [0.25, 0.3) is 0 Å². The average molecular weight is 255 g/mol. The second-order valence-electron chi connectivity index (χ2n) is 4.04. The van der Waals surface area contributed by atoms with E-state index in [0.29, 0.717) is 11.6 Å². The van der Waals surface area contributed by atoms with Crippen molar-refractivity contribution in [3.05, 3.63) is 28.8 Å². The molecule has 0 aliphatic rings. The number of aryl methyl sites for hydroxylation is 1. The number of carbonyl (C=O) groups excluding carboxylic acids is 1. The Labute approximate surface area is 108 Å². The van der Waals surface area contributed by atoms with Crippen molar-refractivity contribution in [3.8, 4) is 0 Å². The number of unbranched alkanes of at least 4 members (excludes halogenated alkanes) is 1. The highest BCUT2D eigenvalue weighted by atomic mass is 35.5. The monoisotopic (exact) mass is 254 g/mol. The summed E-state index contributed by atoms with van der Waals surface area (Å²) >= 11 is 5.85. The van der Waals surface area contributed by atoms with Gasteiger partial charge >= 0.3 is 0 Å². The topological polar surface area (TPSA) is 41.1 Å². The van der Waals surface area contributed by atoms with Gasteiger partial charge in [0.2, 0.25) is 5.91 Å². The lowest BCUT2D eigenvalue weighted by Gasteiger charge is -2.09. The number of benzene rings is 1. The van der Waals surface area contributed by atoms with Crippen LogP contribution >= 0.6 is 11.6 Å². The minimum atomic E-state index is -0.0217. The zero-order valence-corrected chi connectivity index (χ0v) is 11.1. The molecule has 0 spiro atoms. The molecule has 0 aliphatic heterocycles. The molecule has 0 saturated carbocycles. The second-order valence-corrected chi connectivity index (χ2v) is 4.47. The van der Waals surface area contributed by atoms with E-state index in [1.807, 2.05) is 19.1 Å². The summed E-state index contributed by atoms with van der Waals surface area (Å²) in [7, 11) is 0. The predicted octanol–water partition coefficient (Wildman–Crippen LogP) is 2.98. The number of halogens is 1. The van der Waals surface area contributed by atoms with E-state index >= 15 is 0 Å². The van der Waals surface area contributed by atoms with Crippen LogP contribution in [-0.2, 0) is 4.79 Å². The molecule has 1 aromatic rings. The number of anilines is 1. The van der Waals surface area contributed by atoms with Gasteiger partial charge in [0.15, 0.2) is 0 Å². The fourth-order valence-electron chi connectivity index (χ4n) is 1.47. The molecule has 0 aliphatic carbocycles. The Morgan fingerprint density at radius 3 is 2.82 bits per heavy atom. The average Bonchev–Trinajstić information content (AvgIpc) is 2.28. The van der Waals surface area contributed by atoms with E-state index in [-0.39, 0.29) is 5.91 Å². The van der Waals surface area contributed by atoms with Crippen LogP contribution in [0.3, 0.4) is 0 Å². The van der Waals surface area contributed by atoms with Crippen LogP contribution in [0.5, 0.6) is 0 Å². The summed E-state index contributed by atoms with van der Waals surface area (Å²) in [5.74, 6) is -0.0217. The van der Waals surface area contributed by atoms with Gasteiger partial charge in [-0.25, -0.2) is 0 Å². The first-order valence-corrected chi connectivity index (χ1v) is 6.28. The molecule has 0 bridgehead atoms. The van der Waals surface area contributed by atoms with E-state index in [0.717, 1.165) is 30.6 Å². The molecule has 4 heteroatoms. The molecule has 0 saturated heterocycles. The fraction of sp³-hybridized carbons (Fsp3) is 0.462. The van der Waals surface area contributed by atoms with Crippen LogP contribution in [0.1, 0.15) is 25.3 Å². The highest BCUT2D eigenvalue weighted by Crippen LogP contribution is 2.19. The van der Waals surface area contributed by atoms with E-state index in [1.54, 1.807) is 6.07 Å². The molecular formula is C13H19ClN2O. The lowest BCUT2D eigenvalue weighted by Crippen LogP contribution is -2.28. The fourth-order valence-corrected chi connectivity index (χ4v) is 1.69. The number of nitrogens with one attached hydrogen (secondary N) is 2. The summed E-state index contributed by atoms with van der Waals surface area (Å²) in [6, 6.07) is 5.43. The molecule has 0 unspecified atom stereocenters. The standard InChI is InChI=1S/C13H19ClN2O/c1-3-4-7-15-9-13(17)16-12-6-5-11(14)8-10(12)2/h5-6,8,15H,3-4,7,9H2,1-2H3,(H,16,17). The van der Waals surface area contributed by atoms with Crippen LogP contribution in [0.2, 0.25) is 5.02 Å². The highest BCUT2D eigenvalue weighted by molar-refractivity contribution is 6.30. The molecule has 1 aromatic carbocycles. The highest BCUT2D eigenvalue weighted by Gasteiger charge is 2.04. The zero-order chi connectivity index (χ0) is 12.7. The minimum absolute atomic E-state index is 0.0217. The number of hydrogen-bond acceptors (Lipinski definition) is 2. The van der Waals surface area contributed by atoms with E-state index in [1.165, 1.54) is 0 Å². The first-order valence-electron chi connectivity index (χ1n) is 5.90. The van der Waals surface area contributed by atoms with Crippen molar-refractivity contribution in [1.29, 1.82) is 0 Å². The van der Waals surface area contributed by atoms with Gasteiger partial charge in [0.05, 0.1) is 6.54 Å². The van der Waals surface area contributed by atoms with Crippen LogP contribution in [0.25, 0.3) is 0 Å².